The Morgan fingerprint density at radius 2 is 1.65 bits per heavy atom. The highest BCUT2D eigenvalue weighted by Gasteiger charge is 2.44. The van der Waals surface area contributed by atoms with Gasteiger partial charge in [-0.25, -0.2) is 4.98 Å². The molecule has 362 valence electrons. The Kier molecular flexibility index (Phi) is 15.5. The molecule has 3 aromatic heterocycles. The second-order valence-electron chi connectivity index (χ2n) is 19.6. The standard InChI is InChI=1S/C53H64N10O5S/c1-34-47(69-33-56-34)38-17-15-36(16-18-38)28-55-51(67)45-26-41(64)32-63(45)52(68)48(53(2,3)4)58-50(66)39-19-13-35(14-20-39)10-6-5-9-23-61-24-21-37(22-25-61)30-62-31-40(29-57-62)43-27-44(59-60-49(43)54)42-11-7-8-12-46(42)65/h7-8,11-20,27,29,31,33,37,41,45,48,64-65H,5-6,9-10,21-26,28,30,32H2,1-4H3,(H2,54,60)(H,55,67)(H,58,66)/t41-,45+,48-/m1/s1. The summed E-state index contributed by atoms with van der Waals surface area (Å²) in [4.78, 5) is 50.8. The number of nitrogens with zero attached hydrogens (tertiary/aromatic N) is 7. The summed E-state index contributed by atoms with van der Waals surface area (Å²) in [7, 11) is 0. The predicted octanol–water partition coefficient (Wildman–Crippen LogP) is 7.27. The molecule has 3 aromatic carbocycles. The average molecular weight is 953 g/mol. The molecule has 5 heterocycles. The number of phenolic OH excluding ortho intramolecular Hbond substituents is 1. The minimum atomic E-state index is -0.924. The van der Waals surface area contributed by atoms with Crippen LogP contribution < -0.4 is 16.4 Å². The van der Waals surface area contributed by atoms with E-state index in [2.05, 4.69) is 35.8 Å². The number of hydrogen-bond acceptors (Lipinski definition) is 12. The number of thiazole rings is 1. The predicted molar refractivity (Wildman–Crippen MR) is 269 cm³/mol. The van der Waals surface area contributed by atoms with Crippen molar-refractivity contribution in [2.75, 3.05) is 31.9 Å². The number of anilines is 1. The maximum atomic E-state index is 14.2. The van der Waals surface area contributed by atoms with Crippen molar-refractivity contribution in [1.82, 2.24) is 45.4 Å². The topological polar surface area (TPSA) is 205 Å². The van der Waals surface area contributed by atoms with Gasteiger partial charge in [-0.15, -0.1) is 21.5 Å². The highest BCUT2D eigenvalue weighted by molar-refractivity contribution is 7.13. The number of unbranched alkanes of at least 4 members (excludes halogenated alkanes) is 2. The van der Waals surface area contributed by atoms with Crippen molar-refractivity contribution >= 4 is 34.9 Å². The van der Waals surface area contributed by atoms with Crippen molar-refractivity contribution in [1.29, 1.82) is 0 Å². The van der Waals surface area contributed by atoms with Crippen molar-refractivity contribution in [3.8, 4) is 38.6 Å². The fourth-order valence-corrected chi connectivity index (χ4v) is 10.2. The molecule has 0 unspecified atom stereocenters. The van der Waals surface area contributed by atoms with Crippen LogP contribution in [0.5, 0.6) is 5.75 Å². The molecule has 2 aliphatic rings. The van der Waals surface area contributed by atoms with Gasteiger partial charge in [-0.05, 0) is 117 Å². The summed E-state index contributed by atoms with van der Waals surface area (Å²) in [5.41, 5.74) is 14.7. The van der Waals surface area contributed by atoms with Crippen LogP contribution in [-0.2, 0) is 29.1 Å². The van der Waals surface area contributed by atoms with E-state index in [0.29, 0.717) is 28.6 Å². The van der Waals surface area contributed by atoms with E-state index in [0.717, 1.165) is 103 Å². The molecule has 3 atom stereocenters. The smallest absolute Gasteiger partial charge is 0.251 e. The van der Waals surface area contributed by atoms with E-state index < -0.39 is 29.5 Å². The zero-order chi connectivity index (χ0) is 48.7. The van der Waals surface area contributed by atoms with Crippen molar-refractivity contribution in [3.63, 3.8) is 0 Å². The van der Waals surface area contributed by atoms with Gasteiger partial charge in [-0.1, -0.05) is 75.7 Å². The van der Waals surface area contributed by atoms with Crippen molar-refractivity contribution in [3.05, 3.63) is 119 Å². The van der Waals surface area contributed by atoms with E-state index in [1.165, 1.54) is 4.90 Å². The third kappa shape index (κ3) is 12.2. The number of aromatic nitrogens is 5. The Bertz CT molecular complexity index is 2710. The molecule has 0 radical (unpaired) electrons. The van der Waals surface area contributed by atoms with Gasteiger partial charge in [-0.2, -0.15) is 5.10 Å². The van der Waals surface area contributed by atoms with Gasteiger partial charge in [0.05, 0.1) is 34.1 Å². The fourth-order valence-electron chi connectivity index (χ4n) is 9.37. The number of β-amino-alcohol motifs (C(OH)–C–C–N with tert-alkyl or cyclic N) is 1. The lowest BCUT2D eigenvalue weighted by atomic mass is 9.85. The molecule has 6 N–H and O–H groups in total. The van der Waals surface area contributed by atoms with Crippen molar-refractivity contribution < 1.29 is 24.6 Å². The first kappa shape index (κ1) is 48.9. The van der Waals surface area contributed by atoms with E-state index in [1.807, 2.05) is 111 Å². The molecule has 69 heavy (non-hydrogen) atoms. The van der Waals surface area contributed by atoms with Crippen molar-refractivity contribution in [2.45, 2.75) is 104 Å². The highest BCUT2D eigenvalue weighted by atomic mass is 32.1. The lowest BCUT2D eigenvalue weighted by molar-refractivity contribution is -0.142. The van der Waals surface area contributed by atoms with Crippen LogP contribution in [0.4, 0.5) is 5.82 Å². The van der Waals surface area contributed by atoms with E-state index in [-0.39, 0.29) is 37.1 Å². The minimum absolute atomic E-state index is 0.0129. The number of piperidine rings is 1. The quantitative estimate of drug-likeness (QED) is 0.0575. The number of aliphatic hydroxyl groups excluding tert-OH is 1. The van der Waals surface area contributed by atoms with E-state index in [1.54, 1.807) is 29.5 Å². The molecule has 2 saturated heterocycles. The van der Waals surface area contributed by atoms with Gasteiger partial charge >= 0.3 is 0 Å². The summed E-state index contributed by atoms with van der Waals surface area (Å²) < 4.78 is 1.99. The number of para-hydroxylation sites is 1. The minimum Gasteiger partial charge on any atom is -0.507 e. The van der Waals surface area contributed by atoms with Gasteiger partial charge in [0, 0.05) is 54.5 Å². The van der Waals surface area contributed by atoms with Gasteiger partial charge in [0.25, 0.3) is 5.91 Å². The molecule has 6 aromatic rings. The van der Waals surface area contributed by atoms with Crippen LogP contribution in [0, 0.1) is 18.3 Å². The number of carbonyl (C=O) groups excluding carboxylic acids is 3. The number of aryl methyl sites for hydroxylation is 2. The summed E-state index contributed by atoms with van der Waals surface area (Å²) in [6, 6.07) is 22.6. The Morgan fingerprint density at radius 1 is 0.913 bits per heavy atom. The number of carbonyl (C=O) groups is 3. The SMILES string of the molecule is Cc1ncsc1-c1ccc(CNC(=O)[C@@H]2C[C@@H](O)CN2C(=O)[C@@H](NC(=O)c2ccc(CCCCCN3CCC(Cn4cc(-c5cc(-c6ccccc6O)nnc5N)cn4)CC3)cc2)C(C)(C)C)cc1. The molecule has 16 heteroatoms. The zero-order valence-electron chi connectivity index (χ0n) is 40.0. The van der Waals surface area contributed by atoms with Crippen LogP contribution in [0.25, 0.3) is 32.8 Å². The lowest BCUT2D eigenvalue weighted by Gasteiger charge is -2.35. The lowest BCUT2D eigenvalue weighted by Crippen LogP contribution is -2.57. The third-order valence-electron chi connectivity index (χ3n) is 13.4. The Balaban J connectivity index is 0.750. The van der Waals surface area contributed by atoms with Gasteiger partial charge in [0.15, 0.2) is 5.82 Å². The molecule has 3 amide bonds. The van der Waals surface area contributed by atoms with Crippen LogP contribution in [0.15, 0.2) is 96.8 Å². The van der Waals surface area contributed by atoms with Gasteiger partial charge in [-0.3, -0.25) is 19.1 Å². The molecule has 15 nitrogen and oxygen atoms in total. The van der Waals surface area contributed by atoms with Crippen molar-refractivity contribution in [2.24, 2.45) is 11.3 Å². The Hall–Kier alpha value is -6.49. The zero-order valence-corrected chi connectivity index (χ0v) is 40.8. The van der Waals surface area contributed by atoms with Gasteiger partial charge in [0.2, 0.25) is 11.8 Å². The first-order valence-corrected chi connectivity index (χ1v) is 24.9. The maximum absolute atomic E-state index is 14.2. The summed E-state index contributed by atoms with van der Waals surface area (Å²) in [5, 5.41) is 39.9. The molecular weight excluding hydrogens is 889 g/mol. The molecule has 0 bridgehead atoms. The number of phenols is 1. The monoisotopic (exact) mass is 952 g/mol. The summed E-state index contributed by atoms with van der Waals surface area (Å²) in [5.74, 6) is -0.108. The Morgan fingerprint density at radius 3 is 2.36 bits per heavy atom. The molecule has 0 saturated carbocycles. The van der Waals surface area contributed by atoms with Crippen LogP contribution in [-0.4, -0.2) is 107 Å². The second kappa shape index (κ2) is 21.9. The highest BCUT2D eigenvalue weighted by Crippen LogP contribution is 2.33. The number of rotatable bonds is 17. The third-order valence-corrected chi connectivity index (χ3v) is 14.4. The van der Waals surface area contributed by atoms with E-state index in [9.17, 15) is 24.6 Å². The molecule has 2 aliphatic heterocycles. The molecule has 0 spiro atoms. The van der Waals surface area contributed by atoms with Gasteiger partial charge < -0.3 is 36.4 Å². The van der Waals surface area contributed by atoms with Crippen LogP contribution in [0.1, 0.15) is 86.5 Å². The number of amides is 3. The van der Waals surface area contributed by atoms with Crippen LogP contribution >= 0.6 is 11.3 Å². The number of aliphatic hydroxyl groups is 1. The molecule has 0 aliphatic carbocycles. The first-order valence-electron chi connectivity index (χ1n) is 24.0. The second-order valence-corrected chi connectivity index (χ2v) is 20.5. The largest absolute Gasteiger partial charge is 0.507 e. The number of likely N-dealkylation sites (tertiary alicyclic amines) is 2. The molecular formula is C53H64N10O5S. The number of benzene rings is 3. The fraction of sp³-hybridized carbons (Fsp3) is 0.415. The van der Waals surface area contributed by atoms with Crippen LogP contribution in [0.3, 0.4) is 0 Å². The van der Waals surface area contributed by atoms with E-state index in [4.69, 9.17) is 5.73 Å². The normalized spacial score (nSPS) is 17.2. The average Bonchev–Trinajstić information content (AvgIpc) is 4.10. The molecule has 2 fully saturated rings. The molecule has 8 rings (SSSR count). The van der Waals surface area contributed by atoms with Crippen LogP contribution in [0.2, 0.25) is 0 Å². The first-order chi connectivity index (χ1) is 33.2. The van der Waals surface area contributed by atoms with E-state index >= 15 is 0 Å². The maximum Gasteiger partial charge on any atom is 0.251 e. The number of nitrogens with two attached hydrogens (primary N) is 1. The summed E-state index contributed by atoms with van der Waals surface area (Å²) in [6.45, 7) is 12.0. The van der Waals surface area contributed by atoms with Gasteiger partial charge in [0.1, 0.15) is 17.8 Å². The number of nitrogen functional groups attached to an aromatic ring is 1. The Labute approximate surface area is 408 Å². The summed E-state index contributed by atoms with van der Waals surface area (Å²) >= 11 is 1.58. The summed E-state index contributed by atoms with van der Waals surface area (Å²) in [6.07, 6.45) is 9.51. The number of hydrogen-bond donors (Lipinski definition) is 5. The number of aromatic hydroxyl groups is 1. The number of nitrogens with one attached hydrogen (secondary N) is 2.